The minimum Gasteiger partial charge on any atom is -0.456 e. The van der Waals surface area contributed by atoms with Crippen LogP contribution in [0.2, 0.25) is 0 Å². The van der Waals surface area contributed by atoms with E-state index < -0.39 is 18.9 Å². The first kappa shape index (κ1) is 21.8. The second-order valence-electron chi connectivity index (χ2n) is 7.40. The van der Waals surface area contributed by atoms with E-state index in [1.165, 1.54) is 18.4 Å². The molecule has 7 nitrogen and oxygen atoms in total. The third-order valence-corrected chi connectivity index (χ3v) is 5.76. The summed E-state index contributed by atoms with van der Waals surface area (Å²) >= 11 is 5.78. The molecule has 0 saturated heterocycles. The number of fused-ring (bicyclic) bond motifs is 1. The molecule has 3 rings (SSSR count). The lowest BCUT2D eigenvalue weighted by molar-refractivity contribution is 0.376. The van der Waals surface area contributed by atoms with Crippen LogP contribution in [-0.4, -0.2) is 25.2 Å². The largest absolute Gasteiger partial charge is 0.456 e. The summed E-state index contributed by atoms with van der Waals surface area (Å²) in [6, 6.07) is 2.86. The van der Waals surface area contributed by atoms with E-state index in [-0.39, 0.29) is 28.5 Å². The number of furan rings is 1. The topological polar surface area (TPSA) is 115 Å². The number of alkyl halides is 1. The molecule has 0 atom stereocenters. The molecule has 4 N–H and O–H groups in total. The van der Waals surface area contributed by atoms with Crippen molar-refractivity contribution in [1.29, 1.82) is 0 Å². The Balaban J connectivity index is 2.31. The Bertz CT molecular complexity index is 1070. The summed E-state index contributed by atoms with van der Waals surface area (Å²) in [5, 5.41) is 0. The molecule has 158 valence electrons. The fourth-order valence-electron chi connectivity index (χ4n) is 3.42. The summed E-state index contributed by atoms with van der Waals surface area (Å²) in [7, 11) is -4.67. The molecule has 0 fully saturated rings. The summed E-state index contributed by atoms with van der Waals surface area (Å²) < 4.78 is 33.3. The zero-order valence-corrected chi connectivity index (χ0v) is 17.9. The molecule has 0 bridgehead atoms. The first-order valence-electron chi connectivity index (χ1n) is 9.32. The van der Waals surface area contributed by atoms with E-state index >= 15 is 0 Å². The highest BCUT2D eigenvalue weighted by molar-refractivity contribution is 7.60. The van der Waals surface area contributed by atoms with E-state index in [0.29, 0.717) is 24.4 Å². The van der Waals surface area contributed by atoms with E-state index in [0.717, 1.165) is 18.4 Å². The van der Waals surface area contributed by atoms with Crippen molar-refractivity contribution in [3.8, 4) is 11.4 Å². The Hall–Kier alpha value is -1.86. The van der Waals surface area contributed by atoms with Gasteiger partial charge in [0.25, 0.3) is 0 Å². The van der Waals surface area contributed by atoms with E-state index in [1.54, 1.807) is 0 Å². The van der Waals surface area contributed by atoms with Gasteiger partial charge in [-0.15, -0.1) is 11.6 Å². The molecule has 0 saturated carbocycles. The molecule has 0 aliphatic carbocycles. The molecular formula is C19H24ClFN3O4P. The number of benzene rings is 1. The average Bonchev–Trinajstić information content (AvgIpc) is 3.24. The highest BCUT2D eigenvalue weighted by Gasteiger charge is 2.30. The monoisotopic (exact) mass is 443 g/mol. The van der Waals surface area contributed by atoms with Gasteiger partial charge in [0.05, 0.1) is 23.0 Å². The first-order chi connectivity index (χ1) is 13.6. The van der Waals surface area contributed by atoms with Gasteiger partial charge in [-0.3, -0.25) is 4.57 Å². The van der Waals surface area contributed by atoms with Crippen LogP contribution in [0.5, 0.6) is 0 Å². The highest BCUT2D eigenvalue weighted by atomic mass is 35.5. The van der Waals surface area contributed by atoms with Crippen LogP contribution in [0.4, 0.5) is 10.1 Å². The number of nitrogen functional groups attached to an aromatic ring is 1. The number of imidazole rings is 1. The van der Waals surface area contributed by atoms with Gasteiger partial charge in [-0.25, -0.2) is 9.37 Å². The van der Waals surface area contributed by atoms with E-state index in [4.69, 9.17) is 21.8 Å². The third-order valence-electron chi connectivity index (χ3n) is 4.61. The van der Waals surface area contributed by atoms with Crippen molar-refractivity contribution >= 4 is 41.4 Å². The molecule has 0 radical (unpaired) electrons. The summed E-state index contributed by atoms with van der Waals surface area (Å²) in [5.74, 6) is 0.425. The smallest absolute Gasteiger partial charge is 0.391 e. The Morgan fingerprint density at radius 3 is 2.72 bits per heavy atom. The summed E-state index contributed by atoms with van der Waals surface area (Å²) in [6.45, 7) is 4.52. The number of nitrogens with two attached hydrogens (primary N) is 1. The molecule has 0 aliphatic rings. The van der Waals surface area contributed by atoms with Crippen LogP contribution < -0.4 is 11.2 Å². The number of aromatic nitrogens is 2. The molecule has 0 aliphatic heterocycles. The first-order valence-corrected chi connectivity index (χ1v) is 11.5. The lowest BCUT2D eigenvalue weighted by Crippen LogP contribution is -2.11. The van der Waals surface area contributed by atoms with Gasteiger partial charge in [-0.05, 0) is 42.9 Å². The van der Waals surface area contributed by atoms with Gasteiger partial charge in [-0.2, -0.15) is 0 Å². The fraction of sp³-hybridized carbons (Fsp3) is 0.421. The average molecular weight is 444 g/mol. The molecular weight excluding hydrogens is 420 g/mol. The zero-order valence-electron chi connectivity index (χ0n) is 16.2. The Labute approximate surface area is 172 Å². The SMILES string of the molecule is CC(C)Cn1c(-c2ccoc2P(=O)(O)O)nc2c(N)c(F)cc(CCCCCl)c21. The van der Waals surface area contributed by atoms with Crippen molar-refractivity contribution in [2.24, 2.45) is 5.92 Å². The molecule has 2 aromatic heterocycles. The van der Waals surface area contributed by atoms with Crippen molar-refractivity contribution in [3.05, 3.63) is 29.8 Å². The number of aryl methyl sites for hydroxylation is 1. The molecule has 2 heterocycles. The fourth-order valence-corrected chi connectivity index (χ4v) is 4.30. The normalized spacial score (nSPS) is 12.4. The summed E-state index contributed by atoms with van der Waals surface area (Å²) in [4.78, 5) is 23.8. The number of unbranched alkanes of at least 4 members (excludes halogenated alkanes) is 1. The molecule has 0 unspecified atom stereocenters. The lowest BCUT2D eigenvalue weighted by atomic mass is 10.0. The summed E-state index contributed by atoms with van der Waals surface area (Å²) in [6.07, 6.45) is 3.34. The Morgan fingerprint density at radius 1 is 1.38 bits per heavy atom. The van der Waals surface area contributed by atoms with Crippen molar-refractivity contribution in [2.45, 2.75) is 39.7 Å². The number of rotatable bonds is 8. The quantitative estimate of drug-likeness (QED) is 0.209. The minimum atomic E-state index is -4.67. The van der Waals surface area contributed by atoms with Crippen LogP contribution in [0.3, 0.4) is 0 Å². The molecule has 1 aromatic carbocycles. The van der Waals surface area contributed by atoms with Crippen molar-refractivity contribution < 1.29 is 23.2 Å². The number of nitrogens with zero attached hydrogens (tertiary/aromatic N) is 2. The number of hydrogen-bond donors (Lipinski definition) is 3. The van der Waals surface area contributed by atoms with E-state index in [1.807, 2.05) is 18.4 Å². The predicted molar refractivity (Wildman–Crippen MR) is 112 cm³/mol. The number of hydrogen-bond acceptors (Lipinski definition) is 4. The Kier molecular flexibility index (Phi) is 6.39. The van der Waals surface area contributed by atoms with Gasteiger partial charge in [0.2, 0.25) is 5.50 Å². The number of anilines is 1. The van der Waals surface area contributed by atoms with Crippen molar-refractivity contribution in [3.63, 3.8) is 0 Å². The third kappa shape index (κ3) is 4.36. The molecule has 0 amide bonds. The van der Waals surface area contributed by atoms with Gasteiger partial charge >= 0.3 is 7.60 Å². The van der Waals surface area contributed by atoms with Gasteiger partial charge in [-0.1, -0.05) is 13.8 Å². The highest BCUT2D eigenvalue weighted by Crippen LogP contribution is 2.40. The molecule has 3 aromatic rings. The second kappa shape index (κ2) is 8.48. The van der Waals surface area contributed by atoms with Crippen LogP contribution in [0.1, 0.15) is 32.3 Å². The van der Waals surface area contributed by atoms with Crippen LogP contribution in [0.25, 0.3) is 22.4 Å². The molecule has 29 heavy (non-hydrogen) atoms. The standard InChI is InChI=1S/C19H24ClFN3O4P/c1-11(2)10-24-17-12(5-3-4-7-20)9-14(21)15(22)16(17)23-18(24)13-6-8-28-19(13)29(25,26)27/h6,8-9,11H,3-5,7,10,22H2,1-2H3,(H2,25,26,27). The maximum absolute atomic E-state index is 14.5. The lowest BCUT2D eigenvalue weighted by Gasteiger charge is -2.15. The molecule has 10 heteroatoms. The summed E-state index contributed by atoms with van der Waals surface area (Å²) in [5.41, 5.74) is 7.27. The Morgan fingerprint density at radius 2 is 2.10 bits per heavy atom. The van der Waals surface area contributed by atoms with E-state index in [2.05, 4.69) is 4.98 Å². The number of halogens is 2. The van der Waals surface area contributed by atoms with E-state index in [9.17, 15) is 18.7 Å². The van der Waals surface area contributed by atoms with Crippen LogP contribution in [0, 0.1) is 11.7 Å². The maximum atomic E-state index is 14.5. The van der Waals surface area contributed by atoms with Crippen LogP contribution >= 0.6 is 19.2 Å². The van der Waals surface area contributed by atoms with Gasteiger partial charge < -0.3 is 24.5 Å². The predicted octanol–water partition coefficient (Wildman–Crippen LogP) is 4.04. The zero-order chi connectivity index (χ0) is 21.3. The molecule has 0 spiro atoms. The second-order valence-corrected chi connectivity index (χ2v) is 9.27. The van der Waals surface area contributed by atoms with Crippen LogP contribution in [0.15, 0.2) is 22.8 Å². The van der Waals surface area contributed by atoms with Crippen molar-refractivity contribution in [1.82, 2.24) is 9.55 Å². The van der Waals surface area contributed by atoms with Crippen LogP contribution in [-0.2, 0) is 17.5 Å². The van der Waals surface area contributed by atoms with Gasteiger partial charge in [0.15, 0.2) is 0 Å². The minimum absolute atomic E-state index is 0.0916. The van der Waals surface area contributed by atoms with Crippen molar-refractivity contribution in [2.75, 3.05) is 11.6 Å². The van der Waals surface area contributed by atoms with Gasteiger partial charge in [0.1, 0.15) is 17.2 Å². The van der Waals surface area contributed by atoms with Gasteiger partial charge in [0, 0.05) is 12.4 Å². The maximum Gasteiger partial charge on any atom is 0.391 e.